The Kier molecular flexibility index (Phi) is 9.77. The van der Waals surface area contributed by atoms with Crippen molar-refractivity contribution in [3.05, 3.63) is 69.3 Å². The fraction of sp³-hybridized carbons (Fsp3) is 0.360. The Morgan fingerprint density at radius 3 is 2.60 bits per heavy atom. The van der Waals surface area contributed by atoms with Gasteiger partial charge in [0.05, 0.1) is 12.3 Å². The molecule has 1 aromatic carbocycles. The van der Waals surface area contributed by atoms with Crippen LogP contribution in [0.15, 0.2) is 41.3 Å². The number of phenols is 1. The summed E-state index contributed by atoms with van der Waals surface area (Å²) in [6.45, 7) is 10.3. The number of nitrogens with one attached hydrogen (secondary N) is 1. The van der Waals surface area contributed by atoms with Crippen molar-refractivity contribution in [3.63, 3.8) is 0 Å². The number of aromatic hydroxyl groups is 1. The number of benzene rings is 1. The Balaban J connectivity index is 0.00000210. The molecule has 3 aromatic rings. The van der Waals surface area contributed by atoms with E-state index in [9.17, 15) is 14.7 Å². The molecular weight excluding hydrogens is 450 g/mol. The maximum Gasteiger partial charge on any atom is 0.276 e. The van der Waals surface area contributed by atoms with E-state index in [-0.39, 0.29) is 28.6 Å². The number of nitrogens with two attached hydrogens (primary N) is 1. The number of hydrogen-bond acceptors (Lipinski definition) is 8. The Morgan fingerprint density at radius 2 is 1.91 bits per heavy atom. The lowest BCUT2D eigenvalue weighted by Gasteiger charge is -2.20. The predicted molar refractivity (Wildman–Crippen MR) is 135 cm³/mol. The Morgan fingerprint density at radius 1 is 1.20 bits per heavy atom. The smallest absolute Gasteiger partial charge is 0.276 e. The number of aryl methyl sites for hydroxylation is 1. The van der Waals surface area contributed by atoms with Gasteiger partial charge in [-0.2, -0.15) is 0 Å². The summed E-state index contributed by atoms with van der Waals surface area (Å²) in [5.74, 6) is -0.274. The van der Waals surface area contributed by atoms with Gasteiger partial charge in [-0.15, -0.1) is 10.2 Å². The molecule has 0 spiro atoms. The van der Waals surface area contributed by atoms with Crippen molar-refractivity contribution in [3.8, 4) is 11.5 Å². The predicted octanol–water partition coefficient (Wildman–Crippen LogP) is 3.61. The normalized spacial score (nSPS) is 11.3. The molecule has 0 aliphatic rings. The number of carbonyl (C=O) groups excluding carboxylic acids is 1. The number of nitrogens with zero attached hydrogens (tertiary/aromatic N) is 3. The number of ether oxygens (including phenoxy) is 2. The molecule has 188 valence electrons. The molecule has 4 N–H and O–H groups in total. The van der Waals surface area contributed by atoms with Crippen LogP contribution in [0.5, 0.6) is 11.5 Å². The highest BCUT2D eigenvalue weighted by atomic mass is 16.5. The Hall–Kier alpha value is -3.92. The minimum atomic E-state index is -0.559. The van der Waals surface area contributed by atoms with Crippen molar-refractivity contribution in [1.82, 2.24) is 14.8 Å². The second-order valence-electron chi connectivity index (χ2n) is 7.58. The zero-order chi connectivity index (χ0) is 26.1. The standard InChI is InChI=1S/C23H27N5O5.C2H6/c1-13-5-7-18(29)21(14(13)2)15(3)33-19-11-17(26-27-22(19)24)23(31)25-16-6-8-20(30)28(12-16)9-10-32-4;1-2/h5-8,11-12,15,29H,9-10H2,1-4H3,(H2,24,27)(H,25,31);1-2H3. The van der Waals surface area contributed by atoms with Gasteiger partial charge in [-0.1, -0.05) is 19.9 Å². The lowest BCUT2D eigenvalue weighted by Crippen LogP contribution is -2.22. The molecule has 0 aliphatic heterocycles. The zero-order valence-corrected chi connectivity index (χ0v) is 21.0. The van der Waals surface area contributed by atoms with Crippen LogP contribution in [0.2, 0.25) is 0 Å². The first-order valence-corrected chi connectivity index (χ1v) is 11.3. The van der Waals surface area contributed by atoms with Crippen LogP contribution in [-0.4, -0.2) is 39.5 Å². The Labute approximate surface area is 204 Å². The van der Waals surface area contributed by atoms with Crippen molar-refractivity contribution in [2.45, 2.75) is 47.3 Å². The van der Waals surface area contributed by atoms with Crippen LogP contribution in [0.1, 0.15) is 54.1 Å². The van der Waals surface area contributed by atoms with Crippen LogP contribution in [0.4, 0.5) is 11.5 Å². The fourth-order valence-electron chi connectivity index (χ4n) is 3.34. The van der Waals surface area contributed by atoms with E-state index in [1.165, 1.54) is 29.0 Å². The van der Waals surface area contributed by atoms with Crippen LogP contribution in [0.3, 0.4) is 0 Å². The molecule has 10 heteroatoms. The summed E-state index contributed by atoms with van der Waals surface area (Å²) < 4.78 is 12.4. The summed E-state index contributed by atoms with van der Waals surface area (Å²) in [5.41, 5.74) is 8.61. The first-order chi connectivity index (χ1) is 16.7. The van der Waals surface area contributed by atoms with E-state index in [0.29, 0.717) is 24.4 Å². The summed E-state index contributed by atoms with van der Waals surface area (Å²) in [7, 11) is 1.54. The van der Waals surface area contributed by atoms with E-state index in [4.69, 9.17) is 15.2 Å². The largest absolute Gasteiger partial charge is 0.508 e. The minimum Gasteiger partial charge on any atom is -0.508 e. The van der Waals surface area contributed by atoms with Crippen LogP contribution in [0.25, 0.3) is 0 Å². The van der Waals surface area contributed by atoms with E-state index in [2.05, 4.69) is 15.5 Å². The third-order valence-corrected chi connectivity index (χ3v) is 5.27. The van der Waals surface area contributed by atoms with Crippen LogP contribution in [0, 0.1) is 13.8 Å². The highest BCUT2D eigenvalue weighted by Gasteiger charge is 2.20. The number of nitrogen functional groups attached to an aromatic ring is 1. The number of rotatable bonds is 8. The highest BCUT2D eigenvalue weighted by Crippen LogP contribution is 2.34. The highest BCUT2D eigenvalue weighted by molar-refractivity contribution is 6.03. The second-order valence-corrected chi connectivity index (χ2v) is 7.58. The molecule has 2 aromatic heterocycles. The molecule has 3 rings (SSSR count). The first-order valence-electron chi connectivity index (χ1n) is 11.3. The number of aromatic nitrogens is 3. The molecule has 1 unspecified atom stereocenters. The van der Waals surface area contributed by atoms with Crippen molar-refractivity contribution in [2.24, 2.45) is 0 Å². The van der Waals surface area contributed by atoms with E-state index in [1.54, 1.807) is 20.1 Å². The minimum absolute atomic E-state index is 0.0105. The van der Waals surface area contributed by atoms with Gasteiger partial charge in [0, 0.05) is 37.5 Å². The molecule has 2 heterocycles. The summed E-state index contributed by atoms with van der Waals surface area (Å²) in [4.78, 5) is 24.7. The van der Waals surface area contributed by atoms with E-state index < -0.39 is 12.0 Å². The average Bonchev–Trinajstić information content (AvgIpc) is 2.84. The maximum absolute atomic E-state index is 12.7. The van der Waals surface area contributed by atoms with E-state index in [0.717, 1.165) is 11.1 Å². The third-order valence-electron chi connectivity index (χ3n) is 5.27. The topological polar surface area (TPSA) is 142 Å². The zero-order valence-electron chi connectivity index (χ0n) is 21.0. The lowest BCUT2D eigenvalue weighted by molar-refractivity contribution is 0.102. The summed E-state index contributed by atoms with van der Waals surface area (Å²) in [6, 6.07) is 7.67. The summed E-state index contributed by atoms with van der Waals surface area (Å²) >= 11 is 0. The molecule has 0 saturated heterocycles. The van der Waals surface area contributed by atoms with Gasteiger partial charge < -0.3 is 30.2 Å². The molecule has 0 radical (unpaired) electrons. The van der Waals surface area contributed by atoms with Gasteiger partial charge in [0.25, 0.3) is 11.5 Å². The SMILES string of the molecule is CC.COCCn1cc(NC(=O)c2cc(OC(C)c3c(O)ccc(C)c3C)c(N)nn2)ccc1=O. The molecule has 1 atom stereocenters. The molecule has 35 heavy (non-hydrogen) atoms. The van der Waals surface area contributed by atoms with Gasteiger partial charge in [0.1, 0.15) is 11.9 Å². The van der Waals surface area contributed by atoms with Gasteiger partial charge in [0.2, 0.25) is 0 Å². The molecule has 0 aliphatic carbocycles. The quantitative estimate of drug-likeness (QED) is 0.441. The summed E-state index contributed by atoms with van der Waals surface area (Å²) in [5, 5.41) is 20.7. The molecule has 0 fully saturated rings. The van der Waals surface area contributed by atoms with Crippen LogP contribution >= 0.6 is 0 Å². The van der Waals surface area contributed by atoms with Crippen LogP contribution in [-0.2, 0) is 11.3 Å². The van der Waals surface area contributed by atoms with E-state index >= 15 is 0 Å². The first kappa shape index (κ1) is 27.3. The number of carbonyl (C=O) groups is 1. The number of pyridine rings is 1. The summed E-state index contributed by atoms with van der Waals surface area (Å²) in [6.07, 6.45) is 0.962. The van der Waals surface area contributed by atoms with Crippen molar-refractivity contribution >= 4 is 17.4 Å². The molecule has 0 bridgehead atoms. The van der Waals surface area contributed by atoms with Gasteiger partial charge in [-0.3, -0.25) is 9.59 Å². The molecule has 10 nitrogen and oxygen atoms in total. The van der Waals surface area contributed by atoms with Crippen molar-refractivity contribution in [1.29, 1.82) is 0 Å². The van der Waals surface area contributed by atoms with Crippen molar-refractivity contribution < 1.29 is 19.4 Å². The number of hydrogen-bond donors (Lipinski definition) is 3. The fourth-order valence-corrected chi connectivity index (χ4v) is 3.34. The maximum atomic E-state index is 12.7. The van der Waals surface area contributed by atoms with Crippen LogP contribution < -0.4 is 21.3 Å². The van der Waals surface area contributed by atoms with Gasteiger partial charge >= 0.3 is 0 Å². The number of amides is 1. The third kappa shape index (κ3) is 6.80. The molecular formula is C25H33N5O5. The van der Waals surface area contributed by atoms with Gasteiger partial charge in [0.15, 0.2) is 17.3 Å². The number of anilines is 2. The average molecular weight is 484 g/mol. The lowest BCUT2D eigenvalue weighted by atomic mass is 9.98. The Bertz CT molecular complexity index is 1230. The van der Waals surface area contributed by atoms with Gasteiger partial charge in [-0.25, -0.2) is 0 Å². The van der Waals surface area contributed by atoms with Crippen molar-refractivity contribution in [2.75, 3.05) is 24.8 Å². The molecule has 0 saturated carbocycles. The monoisotopic (exact) mass is 483 g/mol. The second kappa shape index (κ2) is 12.5. The number of methoxy groups -OCH3 is 1. The molecule has 1 amide bonds. The van der Waals surface area contributed by atoms with E-state index in [1.807, 2.05) is 33.8 Å². The van der Waals surface area contributed by atoms with Gasteiger partial charge in [-0.05, 0) is 44.0 Å². The number of phenolic OH excluding ortho intramolecular Hbond substituents is 1.